The normalized spacial score (nSPS) is 19.0. The van der Waals surface area contributed by atoms with Crippen molar-refractivity contribution in [2.75, 3.05) is 11.4 Å². The van der Waals surface area contributed by atoms with Gasteiger partial charge in [0, 0.05) is 31.1 Å². The number of hydrogen-bond donors (Lipinski definition) is 1. The van der Waals surface area contributed by atoms with Gasteiger partial charge in [-0.05, 0) is 66.1 Å². The number of nitrogens with zero attached hydrogens (tertiary/aromatic N) is 3. The molecule has 200 valence electrons. The molecule has 6 rings (SSSR count). The molecule has 2 atom stereocenters. The van der Waals surface area contributed by atoms with Crippen LogP contribution in [0.15, 0.2) is 66.7 Å². The molecule has 0 radical (unpaired) electrons. The summed E-state index contributed by atoms with van der Waals surface area (Å²) in [7, 11) is 0. The zero-order chi connectivity index (χ0) is 26.9. The molecule has 2 aliphatic rings. The van der Waals surface area contributed by atoms with Crippen LogP contribution in [0, 0.1) is 11.8 Å². The number of carbonyl (C=O) groups is 2. The summed E-state index contributed by atoms with van der Waals surface area (Å²) in [6.07, 6.45) is 7.63. The summed E-state index contributed by atoms with van der Waals surface area (Å²) in [5.41, 5.74) is 6.02. The summed E-state index contributed by atoms with van der Waals surface area (Å²) < 4.78 is 2.29. The first kappa shape index (κ1) is 25.4. The molecule has 1 aromatic heterocycles. The molecule has 2 heterocycles. The molecule has 6 nitrogen and oxygen atoms in total. The van der Waals surface area contributed by atoms with E-state index in [9.17, 15) is 14.7 Å². The number of carboxylic acids is 1. The minimum absolute atomic E-state index is 0.184. The predicted molar refractivity (Wildman–Crippen MR) is 154 cm³/mol. The second kappa shape index (κ2) is 10.7. The zero-order valence-electron chi connectivity index (χ0n) is 22.5. The number of anilines is 1. The zero-order valence-corrected chi connectivity index (χ0v) is 22.5. The van der Waals surface area contributed by atoms with Crippen molar-refractivity contribution in [1.82, 2.24) is 9.55 Å². The van der Waals surface area contributed by atoms with Gasteiger partial charge in [0.2, 0.25) is 5.91 Å². The largest absolute Gasteiger partial charge is 0.478 e. The number of amides is 1. The summed E-state index contributed by atoms with van der Waals surface area (Å²) in [4.78, 5) is 32.0. The molecule has 4 aromatic rings. The Hall–Kier alpha value is -3.93. The first-order chi connectivity index (χ1) is 19.0. The Morgan fingerprint density at radius 3 is 2.59 bits per heavy atom. The summed E-state index contributed by atoms with van der Waals surface area (Å²) >= 11 is 0. The molecule has 0 bridgehead atoms. The van der Waals surface area contributed by atoms with Gasteiger partial charge in [0.1, 0.15) is 5.82 Å². The van der Waals surface area contributed by atoms with E-state index >= 15 is 0 Å². The van der Waals surface area contributed by atoms with Crippen molar-refractivity contribution in [3.63, 3.8) is 0 Å². The average molecular weight is 522 g/mol. The maximum atomic E-state index is 13.3. The molecule has 3 aromatic carbocycles. The van der Waals surface area contributed by atoms with Crippen LogP contribution in [0.2, 0.25) is 0 Å². The predicted octanol–water partition coefficient (Wildman–Crippen LogP) is 6.95. The first-order valence-electron chi connectivity index (χ1n) is 14.3. The van der Waals surface area contributed by atoms with Crippen LogP contribution in [0.4, 0.5) is 5.69 Å². The van der Waals surface area contributed by atoms with Crippen molar-refractivity contribution in [3.8, 4) is 11.1 Å². The Balaban J connectivity index is 1.33. The van der Waals surface area contributed by atoms with E-state index in [1.165, 1.54) is 6.42 Å². The number of hydrogen-bond acceptors (Lipinski definition) is 3. The van der Waals surface area contributed by atoms with Crippen LogP contribution in [-0.4, -0.2) is 33.1 Å². The Kier molecular flexibility index (Phi) is 6.94. The maximum absolute atomic E-state index is 13.3. The van der Waals surface area contributed by atoms with E-state index in [1.54, 1.807) is 12.1 Å². The van der Waals surface area contributed by atoms with Gasteiger partial charge in [-0.1, -0.05) is 68.7 Å². The van der Waals surface area contributed by atoms with Crippen LogP contribution in [0.25, 0.3) is 22.2 Å². The lowest BCUT2D eigenvalue weighted by molar-refractivity contribution is -0.121. The Morgan fingerprint density at radius 1 is 1.03 bits per heavy atom. The molecule has 1 N–H and O–H groups in total. The molecule has 6 heteroatoms. The summed E-state index contributed by atoms with van der Waals surface area (Å²) in [5.74, 6) is 1.09. The number of imidazole rings is 1. The monoisotopic (exact) mass is 521 g/mol. The fourth-order valence-corrected chi connectivity index (χ4v) is 6.43. The molecule has 2 unspecified atom stereocenters. The van der Waals surface area contributed by atoms with E-state index in [0.717, 1.165) is 78.7 Å². The van der Waals surface area contributed by atoms with Gasteiger partial charge in [-0.15, -0.1) is 0 Å². The number of aromatic nitrogens is 2. The number of aromatic carboxylic acids is 1. The fourth-order valence-electron chi connectivity index (χ4n) is 6.43. The lowest BCUT2D eigenvalue weighted by Gasteiger charge is -2.21. The standard InChI is InChI=1S/C33H35N3O3/c1-2-3-12-31-34-29-18-17-25(35-21-24-8-4-5-10-27(24)32(35)37)19-30(29)36(31)20-22-13-15-23(16-14-22)26-9-6-7-11-28(26)33(38)39/h6-7,9,11,13-19,24,27H,2-5,8,10,12,20-21H2,1H3,(H,38,39). The Bertz CT molecular complexity index is 1520. The molecular weight excluding hydrogens is 486 g/mol. The van der Waals surface area contributed by atoms with E-state index in [1.807, 2.05) is 29.2 Å². The third-order valence-corrected chi connectivity index (χ3v) is 8.55. The van der Waals surface area contributed by atoms with Crippen LogP contribution in [0.1, 0.15) is 67.2 Å². The molecule has 1 amide bonds. The van der Waals surface area contributed by atoms with Crippen LogP contribution in [0.5, 0.6) is 0 Å². The molecule has 1 aliphatic carbocycles. The molecule has 0 spiro atoms. The van der Waals surface area contributed by atoms with Crippen molar-refractivity contribution in [3.05, 3.63) is 83.7 Å². The topological polar surface area (TPSA) is 75.4 Å². The third-order valence-electron chi connectivity index (χ3n) is 8.55. The number of carbonyl (C=O) groups excluding carboxylic acids is 1. The number of fused-ring (bicyclic) bond motifs is 2. The highest BCUT2D eigenvalue weighted by atomic mass is 16.4. The van der Waals surface area contributed by atoms with Gasteiger partial charge in [0.25, 0.3) is 0 Å². The SMILES string of the molecule is CCCCc1nc2ccc(N3CC4CCCCC4C3=O)cc2n1Cc1ccc(-c2ccccc2C(=O)O)cc1. The van der Waals surface area contributed by atoms with Gasteiger partial charge < -0.3 is 14.6 Å². The van der Waals surface area contributed by atoms with Crippen molar-refractivity contribution in [2.45, 2.75) is 58.4 Å². The molecule has 1 saturated carbocycles. The molecule has 2 fully saturated rings. The van der Waals surface area contributed by atoms with Gasteiger partial charge in [0.15, 0.2) is 0 Å². The highest BCUT2D eigenvalue weighted by Gasteiger charge is 2.41. The van der Waals surface area contributed by atoms with Gasteiger partial charge in [-0.25, -0.2) is 9.78 Å². The first-order valence-corrected chi connectivity index (χ1v) is 14.3. The number of rotatable bonds is 8. The van der Waals surface area contributed by atoms with Crippen molar-refractivity contribution < 1.29 is 14.7 Å². The summed E-state index contributed by atoms with van der Waals surface area (Å²) in [6, 6.07) is 21.5. The Labute approximate surface area is 229 Å². The molecular formula is C33H35N3O3. The van der Waals surface area contributed by atoms with E-state index in [-0.39, 0.29) is 11.8 Å². The van der Waals surface area contributed by atoms with Gasteiger partial charge in [0.05, 0.1) is 16.6 Å². The minimum atomic E-state index is -0.924. The summed E-state index contributed by atoms with van der Waals surface area (Å²) in [5, 5.41) is 9.60. The van der Waals surface area contributed by atoms with Crippen LogP contribution >= 0.6 is 0 Å². The fraction of sp³-hybridized carbons (Fsp3) is 0.364. The lowest BCUT2D eigenvalue weighted by atomic mass is 9.81. The van der Waals surface area contributed by atoms with Crippen LogP contribution in [-0.2, 0) is 17.8 Å². The second-order valence-electron chi connectivity index (χ2n) is 11.0. The smallest absolute Gasteiger partial charge is 0.336 e. The number of carboxylic acid groups (broad SMARTS) is 1. The van der Waals surface area contributed by atoms with Gasteiger partial charge in [-0.2, -0.15) is 0 Å². The van der Waals surface area contributed by atoms with E-state index in [2.05, 4.69) is 41.8 Å². The quantitative estimate of drug-likeness (QED) is 0.272. The van der Waals surface area contributed by atoms with Gasteiger partial charge >= 0.3 is 5.97 Å². The highest BCUT2D eigenvalue weighted by molar-refractivity contribution is 5.99. The molecule has 1 saturated heterocycles. The average Bonchev–Trinajstić information content (AvgIpc) is 3.49. The van der Waals surface area contributed by atoms with Crippen molar-refractivity contribution in [1.29, 1.82) is 0 Å². The lowest BCUT2D eigenvalue weighted by Crippen LogP contribution is -2.27. The molecule has 39 heavy (non-hydrogen) atoms. The van der Waals surface area contributed by atoms with E-state index in [4.69, 9.17) is 4.98 Å². The van der Waals surface area contributed by atoms with E-state index < -0.39 is 5.97 Å². The number of benzene rings is 3. The van der Waals surface area contributed by atoms with Gasteiger partial charge in [-0.3, -0.25) is 4.79 Å². The van der Waals surface area contributed by atoms with Crippen LogP contribution < -0.4 is 4.90 Å². The third kappa shape index (κ3) is 4.84. The minimum Gasteiger partial charge on any atom is -0.478 e. The second-order valence-corrected chi connectivity index (χ2v) is 11.0. The maximum Gasteiger partial charge on any atom is 0.336 e. The number of unbranched alkanes of at least 4 members (excludes halogenated alkanes) is 1. The summed E-state index contributed by atoms with van der Waals surface area (Å²) in [6.45, 7) is 3.68. The van der Waals surface area contributed by atoms with Crippen molar-refractivity contribution in [2.24, 2.45) is 11.8 Å². The molecule has 1 aliphatic heterocycles. The van der Waals surface area contributed by atoms with E-state index in [0.29, 0.717) is 23.6 Å². The van der Waals surface area contributed by atoms with Crippen molar-refractivity contribution >= 4 is 28.6 Å². The van der Waals surface area contributed by atoms with Crippen LogP contribution in [0.3, 0.4) is 0 Å². The Morgan fingerprint density at radius 2 is 1.82 bits per heavy atom. The number of aryl methyl sites for hydroxylation is 1. The highest BCUT2D eigenvalue weighted by Crippen LogP contribution is 2.39.